The summed E-state index contributed by atoms with van der Waals surface area (Å²) in [6.45, 7) is 4.66. The number of amides is 2. The summed E-state index contributed by atoms with van der Waals surface area (Å²) in [6, 6.07) is 0. The minimum atomic E-state index is 0.00360. The molecule has 1 fully saturated rings. The number of hydrogen-bond donors (Lipinski definition) is 3. The van der Waals surface area contributed by atoms with Crippen molar-refractivity contribution in [3.63, 3.8) is 0 Å². The second-order valence-electron chi connectivity index (χ2n) is 3.75. The summed E-state index contributed by atoms with van der Waals surface area (Å²) in [5.74, 6) is 0.157. The number of hydrogen-bond acceptors (Lipinski definition) is 3. The van der Waals surface area contributed by atoms with E-state index in [2.05, 4.69) is 16.0 Å². The highest BCUT2D eigenvalue weighted by molar-refractivity contribution is 5.81. The Morgan fingerprint density at radius 2 is 2.00 bits per heavy atom. The molecule has 0 bridgehead atoms. The van der Waals surface area contributed by atoms with E-state index in [0.717, 1.165) is 19.5 Å². The zero-order valence-electron chi connectivity index (χ0n) is 9.14. The molecule has 0 aliphatic carbocycles. The molecule has 0 aromatic carbocycles. The van der Waals surface area contributed by atoms with Gasteiger partial charge in [0.25, 0.3) is 0 Å². The molecule has 0 saturated carbocycles. The van der Waals surface area contributed by atoms with Gasteiger partial charge < -0.3 is 16.0 Å². The summed E-state index contributed by atoms with van der Waals surface area (Å²) in [5.41, 5.74) is 0. The molecule has 1 aliphatic heterocycles. The van der Waals surface area contributed by atoms with Gasteiger partial charge in [-0.1, -0.05) is 6.92 Å². The van der Waals surface area contributed by atoms with Crippen molar-refractivity contribution in [3.05, 3.63) is 0 Å². The fourth-order valence-electron chi connectivity index (χ4n) is 1.27. The van der Waals surface area contributed by atoms with Gasteiger partial charge in [0, 0.05) is 32.6 Å². The molecule has 0 aromatic rings. The molecule has 2 amide bonds. The molecule has 0 atom stereocenters. The van der Waals surface area contributed by atoms with Crippen LogP contribution in [-0.2, 0) is 9.59 Å². The van der Waals surface area contributed by atoms with Gasteiger partial charge in [0.1, 0.15) is 0 Å². The highest BCUT2D eigenvalue weighted by Gasteiger charge is 2.24. The Hall–Kier alpha value is -1.10. The smallest absolute Gasteiger partial charge is 0.225 e. The van der Waals surface area contributed by atoms with E-state index in [9.17, 15) is 9.59 Å². The zero-order chi connectivity index (χ0) is 11.1. The van der Waals surface area contributed by atoms with Crippen molar-refractivity contribution < 1.29 is 9.59 Å². The zero-order valence-corrected chi connectivity index (χ0v) is 9.14. The summed E-state index contributed by atoms with van der Waals surface area (Å²) < 4.78 is 0. The van der Waals surface area contributed by atoms with Gasteiger partial charge in [0.15, 0.2) is 0 Å². The molecular weight excluding hydrogens is 194 g/mol. The van der Waals surface area contributed by atoms with E-state index in [1.807, 2.05) is 6.92 Å². The predicted molar refractivity (Wildman–Crippen MR) is 57.3 cm³/mol. The first-order valence-corrected chi connectivity index (χ1v) is 5.49. The minimum absolute atomic E-state index is 0.00360. The molecule has 5 nitrogen and oxygen atoms in total. The van der Waals surface area contributed by atoms with Crippen LogP contribution in [-0.4, -0.2) is 38.0 Å². The maximum absolute atomic E-state index is 11.3. The van der Waals surface area contributed by atoms with Gasteiger partial charge in [0.2, 0.25) is 11.8 Å². The fraction of sp³-hybridized carbons (Fsp3) is 0.800. The molecule has 1 saturated heterocycles. The number of carbonyl (C=O) groups excluding carboxylic acids is 2. The van der Waals surface area contributed by atoms with Crippen molar-refractivity contribution in [2.24, 2.45) is 5.92 Å². The van der Waals surface area contributed by atoms with Crippen molar-refractivity contribution in [3.8, 4) is 0 Å². The van der Waals surface area contributed by atoms with Crippen LogP contribution in [0.15, 0.2) is 0 Å². The van der Waals surface area contributed by atoms with Gasteiger partial charge in [-0.3, -0.25) is 9.59 Å². The Balaban J connectivity index is 1.99. The topological polar surface area (TPSA) is 70.2 Å². The van der Waals surface area contributed by atoms with E-state index in [0.29, 0.717) is 19.5 Å². The molecule has 1 aliphatic rings. The fourth-order valence-corrected chi connectivity index (χ4v) is 1.27. The quantitative estimate of drug-likeness (QED) is 0.543. The van der Waals surface area contributed by atoms with Gasteiger partial charge in [0.05, 0.1) is 5.92 Å². The van der Waals surface area contributed by atoms with E-state index < -0.39 is 0 Å². The lowest BCUT2D eigenvalue weighted by atomic mass is 10.0. The van der Waals surface area contributed by atoms with Crippen LogP contribution in [0.3, 0.4) is 0 Å². The molecule has 86 valence electrons. The van der Waals surface area contributed by atoms with Gasteiger partial charge in [-0.05, 0) is 6.42 Å². The van der Waals surface area contributed by atoms with Crippen molar-refractivity contribution in [1.82, 2.24) is 16.0 Å². The van der Waals surface area contributed by atoms with Crippen molar-refractivity contribution in [1.29, 1.82) is 0 Å². The average molecular weight is 213 g/mol. The first-order chi connectivity index (χ1) is 7.24. The molecule has 0 spiro atoms. The monoisotopic (exact) mass is 213 g/mol. The number of nitrogens with one attached hydrogen (secondary N) is 3. The molecule has 0 unspecified atom stereocenters. The standard InChI is InChI=1S/C10H19N3O2/c1-2-4-12-9(14)3-5-13-10(15)8-6-11-7-8/h8,11H,2-7H2,1H3,(H,12,14)(H,13,15). The molecule has 3 N–H and O–H groups in total. The summed E-state index contributed by atoms with van der Waals surface area (Å²) in [4.78, 5) is 22.5. The van der Waals surface area contributed by atoms with E-state index >= 15 is 0 Å². The van der Waals surface area contributed by atoms with Gasteiger partial charge in [-0.15, -0.1) is 0 Å². The SMILES string of the molecule is CCCNC(=O)CCNC(=O)C1CNC1. The summed E-state index contributed by atoms with van der Waals surface area (Å²) >= 11 is 0. The van der Waals surface area contributed by atoms with Crippen LogP contribution in [0.1, 0.15) is 19.8 Å². The Morgan fingerprint density at radius 1 is 1.27 bits per heavy atom. The number of rotatable bonds is 6. The first kappa shape index (κ1) is 12.0. The van der Waals surface area contributed by atoms with Gasteiger partial charge >= 0.3 is 0 Å². The summed E-state index contributed by atoms with van der Waals surface area (Å²) in [6.07, 6.45) is 1.30. The summed E-state index contributed by atoms with van der Waals surface area (Å²) in [7, 11) is 0. The lowest BCUT2D eigenvalue weighted by molar-refractivity contribution is -0.126. The first-order valence-electron chi connectivity index (χ1n) is 5.49. The van der Waals surface area contributed by atoms with Crippen LogP contribution < -0.4 is 16.0 Å². The molecule has 1 heterocycles. The Labute approximate surface area is 90.0 Å². The maximum Gasteiger partial charge on any atom is 0.225 e. The van der Waals surface area contributed by atoms with E-state index in [4.69, 9.17) is 0 Å². The van der Waals surface area contributed by atoms with Gasteiger partial charge in [-0.25, -0.2) is 0 Å². The Morgan fingerprint density at radius 3 is 2.53 bits per heavy atom. The molecule has 0 radical (unpaired) electrons. The van der Waals surface area contributed by atoms with Gasteiger partial charge in [-0.2, -0.15) is 0 Å². The normalized spacial score (nSPS) is 15.5. The van der Waals surface area contributed by atoms with Crippen molar-refractivity contribution in [2.75, 3.05) is 26.2 Å². The lowest BCUT2D eigenvalue weighted by Gasteiger charge is -2.25. The largest absolute Gasteiger partial charge is 0.356 e. The highest BCUT2D eigenvalue weighted by atomic mass is 16.2. The third-order valence-corrected chi connectivity index (χ3v) is 2.38. The van der Waals surface area contributed by atoms with Crippen LogP contribution >= 0.6 is 0 Å². The van der Waals surface area contributed by atoms with Crippen molar-refractivity contribution >= 4 is 11.8 Å². The highest BCUT2D eigenvalue weighted by Crippen LogP contribution is 2.01. The molecule has 1 rings (SSSR count). The molecule has 0 aromatic heterocycles. The van der Waals surface area contributed by atoms with Crippen LogP contribution in [0, 0.1) is 5.92 Å². The van der Waals surface area contributed by atoms with E-state index in [1.54, 1.807) is 0 Å². The number of carbonyl (C=O) groups is 2. The second-order valence-corrected chi connectivity index (χ2v) is 3.75. The molecule has 15 heavy (non-hydrogen) atoms. The summed E-state index contributed by atoms with van der Waals surface area (Å²) in [5, 5.41) is 8.54. The van der Waals surface area contributed by atoms with E-state index in [-0.39, 0.29) is 17.7 Å². The Bertz CT molecular complexity index is 227. The van der Waals surface area contributed by atoms with Crippen LogP contribution in [0.2, 0.25) is 0 Å². The average Bonchev–Trinajstić information content (AvgIpc) is 2.12. The predicted octanol–water partition coefficient (Wildman–Crippen LogP) is -0.762. The van der Waals surface area contributed by atoms with Crippen molar-refractivity contribution in [2.45, 2.75) is 19.8 Å². The maximum atomic E-state index is 11.3. The second kappa shape index (κ2) is 6.40. The van der Waals surface area contributed by atoms with Crippen LogP contribution in [0.4, 0.5) is 0 Å². The molecular formula is C10H19N3O2. The van der Waals surface area contributed by atoms with Crippen LogP contribution in [0.25, 0.3) is 0 Å². The Kier molecular flexibility index (Phi) is 5.10. The molecule has 5 heteroatoms. The third kappa shape index (κ3) is 4.29. The van der Waals surface area contributed by atoms with E-state index in [1.165, 1.54) is 0 Å². The third-order valence-electron chi connectivity index (χ3n) is 2.38. The minimum Gasteiger partial charge on any atom is -0.356 e. The lowest BCUT2D eigenvalue weighted by Crippen LogP contribution is -2.51. The van der Waals surface area contributed by atoms with Crippen LogP contribution in [0.5, 0.6) is 0 Å².